The van der Waals surface area contributed by atoms with Crippen LogP contribution in [0.4, 0.5) is 0 Å². The molecule has 5 heteroatoms. The van der Waals surface area contributed by atoms with Crippen LogP contribution in [0.2, 0.25) is 0 Å². The lowest BCUT2D eigenvalue weighted by atomic mass is 9.88. The van der Waals surface area contributed by atoms with Gasteiger partial charge in [-0.2, -0.15) is 0 Å². The molecule has 28 heavy (non-hydrogen) atoms. The van der Waals surface area contributed by atoms with Crippen molar-refractivity contribution in [1.29, 1.82) is 0 Å². The Hall–Kier alpha value is -2.69. The Bertz CT molecular complexity index is 829. The zero-order chi connectivity index (χ0) is 20.3. The van der Waals surface area contributed by atoms with Gasteiger partial charge in [-0.05, 0) is 57.5 Å². The van der Waals surface area contributed by atoms with Gasteiger partial charge in [-0.15, -0.1) is 0 Å². The van der Waals surface area contributed by atoms with Crippen molar-refractivity contribution in [3.05, 3.63) is 53.6 Å². The van der Waals surface area contributed by atoms with Crippen molar-refractivity contribution < 1.29 is 19.0 Å². The summed E-state index contributed by atoms with van der Waals surface area (Å²) in [5.74, 6) is 2.11. The molecule has 0 bridgehead atoms. The molecule has 0 saturated carbocycles. The molecule has 2 aromatic carbocycles. The normalized spacial score (nSPS) is 18.4. The number of carbonyl (C=O) groups is 1. The summed E-state index contributed by atoms with van der Waals surface area (Å²) >= 11 is 0. The predicted octanol–water partition coefficient (Wildman–Crippen LogP) is 4.58. The van der Waals surface area contributed by atoms with Gasteiger partial charge in [0.25, 0.3) is 5.91 Å². The highest BCUT2D eigenvalue weighted by molar-refractivity contribution is 5.81. The first-order valence-corrected chi connectivity index (χ1v) is 9.72. The van der Waals surface area contributed by atoms with Gasteiger partial charge < -0.3 is 19.5 Å². The van der Waals surface area contributed by atoms with Crippen molar-refractivity contribution in [3.8, 4) is 17.2 Å². The van der Waals surface area contributed by atoms with Crippen LogP contribution >= 0.6 is 0 Å². The van der Waals surface area contributed by atoms with E-state index in [1.165, 1.54) is 0 Å². The first-order chi connectivity index (χ1) is 13.3. The van der Waals surface area contributed by atoms with Crippen molar-refractivity contribution in [2.45, 2.75) is 58.3 Å². The minimum atomic E-state index is -0.562. The maximum absolute atomic E-state index is 13.0. The average molecular weight is 383 g/mol. The maximum atomic E-state index is 13.0. The molecule has 1 aliphatic rings. The number of amides is 1. The van der Waals surface area contributed by atoms with E-state index in [0.717, 1.165) is 22.6 Å². The van der Waals surface area contributed by atoms with Crippen LogP contribution in [-0.4, -0.2) is 24.7 Å². The number of carbonyl (C=O) groups excluding carboxylic acids is 1. The molecule has 0 aliphatic carbocycles. The van der Waals surface area contributed by atoms with Gasteiger partial charge in [-0.1, -0.05) is 24.6 Å². The number of hydrogen-bond acceptors (Lipinski definition) is 4. The van der Waals surface area contributed by atoms with Crippen molar-refractivity contribution in [1.82, 2.24) is 5.32 Å². The predicted molar refractivity (Wildman–Crippen MR) is 109 cm³/mol. The fourth-order valence-corrected chi connectivity index (χ4v) is 3.51. The number of nitrogens with one attached hydrogen (secondary N) is 1. The van der Waals surface area contributed by atoms with E-state index in [2.05, 4.69) is 11.4 Å². The Labute approximate surface area is 167 Å². The summed E-state index contributed by atoms with van der Waals surface area (Å²) in [6, 6.07) is 13.2. The Morgan fingerprint density at radius 3 is 2.54 bits per heavy atom. The van der Waals surface area contributed by atoms with Crippen LogP contribution in [0.1, 0.15) is 50.8 Å². The van der Waals surface area contributed by atoms with Crippen LogP contribution in [0.3, 0.4) is 0 Å². The summed E-state index contributed by atoms with van der Waals surface area (Å²) in [6.45, 7) is 8.07. The molecule has 1 N–H and O–H groups in total. The van der Waals surface area contributed by atoms with E-state index in [4.69, 9.17) is 14.2 Å². The summed E-state index contributed by atoms with van der Waals surface area (Å²) in [4.78, 5) is 13.0. The molecular formula is C23H29NO4. The highest BCUT2D eigenvalue weighted by atomic mass is 16.5. The standard InChI is InChI=1S/C23H29NO4/c1-6-20(27-17-10-8-16(26-5)9-11-17)22(25)24-19-14-23(3,4)28-21-12-7-15(2)13-18(19)21/h7-13,19-20H,6,14H2,1-5H3,(H,24,25). The lowest BCUT2D eigenvalue weighted by Crippen LogP contribution is -2.45. The van der Waals surface area contributed by atoms with Gasteiger partial charge in [0.05, 0.1) is 13.2 Å². The largest absolute Gasteiger partial charge is 0.497 e. The highest BCUT2D eigenvalue weighted by Gasteiger charge is 2.35. The smallest absolute Gasteiger partial charge is 0.261 e. The molecule has 2 atom stereocenters. The van der Waals surface area contributed by atoms with Crippen molar-refractivity contribution >= 4 is 5.91 Å². The lowest BCUT2D eigenvalue weighted by Gasteiger charge is -2.38. The van der Waals surface area contributed by atoms with E-state index in [0.29, 0.717) is 18.6 Å². The van der Waals surface area contributed by atoms with Gasteiger partial charge in [0.15, 0.2) is 6.10 Å². The quantitative estimate of drug-likeness (QED) is 0.793. The minimum absolute atomic E-state index is 0.111. The second-order valence-corrected chi connectivity index (χ2v) is 7.86. The average Bonchev–Trinajstić information content (AvgIpc) is 2.66. The molecule has 0 radical (unpaired) electrons. The molecule has 1 heterocycles. The topological polar surface area (TPSA) is 56.8 Å². The second-order valence-electron chi connectivity index (χ2n) is 7.86. The van der Waals surface area contributed by atoms with E-state index >= 15 is 0 Å². The molecule has 0 aromatic heterocycles. The zero-order valence-corrected chi connectivity index (χ0v) is 17.2. The molecule has 2 aromatic rings. The van der Waals surface area contributed by atoms with Crippen molar-refractivity contribution in [3.63, 3.8) is 0 Å². The van der Waals surface area contributed by atoms with Crippen LogP contribution in [0, 0.1) is 6.92 Å². The molecule has 3 rings (SSSR count). The number of methoxy groups -OCH3 is 1. The zero-order valence-electron chi connectivity index (χ0n) is 17.2. The SMILES string of the molecule is CCC(Oc1ccc(OC)cc1)C(=O)NC1CC(C)(C)Oc2ccc(C)cc21. The van der Waals surface area contributed by atoms with Gasteiger partial charge in [0.2, 0.25) is 0 Å². The molecule has 150 valence electrons. The molecule has 0 spiro atoms. The van der Waals surface area contributed by atoms with Gasteiger partial charge in [0.1, 0.15) is 22.8 Å². The fraction of sp³-hybridized carbons (Fsp3) is 0.435. The fourth-order valence-electron chi connectivity index (χ4n) is 3.51. The second kappa shape index (κ2) is 8.13. The van der Waals surface area contributed by atoms with Crippen molar-refractivity contribution in [2.75, 3.05) is 7.11 Å². The first kappa shape index (κ1) is 20.1. The monoisotopic (exact) mass is 383 g/mol. The molecule has 5 nitrogen and oxygen atoms in total. The van der Waals surface area contributed by atoms with Crippen LogP contribution in [0.25, 0.3) is 0 Å². The van der Waals surface area contributed by atoms with E-state index in [9.17, 15) is 4.79 Å². The highest BCUT2D eigenvalue weighted by Crippen LogP contribution is 2.40. The first-order valence-electron chi connectivity index (χ1n) is 9.72. The van der Waals surface area contributed by atoms with Gasteiger partial charge >= 0.3 is 0 Å². The van der Waals surface area contributed by atoms with Crippen LogP contribution in [0.15, 0.2) is 42.5 Å². The Kier molecular flexibility index (Phi) is 5.82. The third-order valence-corrected chi connectivity index (χ3v) is 4.94. The molecule has 1 amide bonds. The van der Waals surface area contributed by atoms with Gasteiger partial charge in [-0.3, -0.25) is 4.79 Å². The summed E-state index contributed by atoms with van der Waals surface area (Å²) in [5.41, 5.74) is 1.81. The lowest BCUT2D eigenvalue weighted by molar-refractivity contribution is -0.129. The van der Waals surface area contributed by atoms with E-state index in [-0.39, 0.29) is 17.6 Å². The minimum Gasteiger partial charge on any atom is -0.497 e. The third-order valence-electron chi connectivity index (χ3n) is 4.94. The third kappa shape index (κ3) is 4.58. The number of benzene rings is 2. The molecule has 2 unspecified atom stereocenters. The van der Waals surface area contributed by atoms with E-state index in [1.807, 2.05) is 64.1 Å². The molecular weight excluding hydrogens is 354 g/mol. The summed E-state index contributed by atoms with van der Waals surface area (Å²) in [6.07, 6.45) is 0.715. The number of rotatable bonds is 6. The summed E-state index contributed by atoms with van der Waals surface area (Å²) in [7, 11) is 1.62. The van der Waals surface area contributed by atoms with E-state index < -0.39 is 6.10 Å². The molecule has 0 fully saturated rings. The van der Waals surface area contributed by atoms with Crippen LogP contribution in [-0.2, 0) is 4.79 Å². The Balaban J connectivity index is 1.75. The van der Waals surface area contributed by atoms with Crippen LogP contribution in [0.5, 0.6) is 17.2 Å². The molecule has 0 saturated heterocycles. The number of ether oxygens (including phenoxy) is 3. The Morgan fingerprint density at radius 2 is 1.89 bits per heavy atom. The summed E-state index contributed by atoms with van der Waals surface area (Å²) in [5, 5.41) is 3.18. The Morgan fingerprint density at radius 1 is 1.21 bits per heavy atom. The maximum Gasteiger partial charge on any atom is 0.261 e. The number of fused-ring (bicyclic) bond motifs is 1. The number of hydrogen-bond donors (Lipinski definition) is 1. The molecule has 1 aliphatic heterocycles. The van der Waals surface area contributed by atoms with Gasteiger partial charge in [0, 0.05) is 12.0 Å². The van der Waals surface area contributed by atoms with Crippen LogP contribution < -0.4 is 19.5 Å². The van der Waals surface area contributed by atoms with Crippen molar-refractivity contribution in [2.24, 2.45) is 0 Å². The summed E-state index contributed by atoms with van der Waals surface area (Å²) < 4.78 is 17.2. The van der Waals surface area contributed by atoms with E-state index in [1.54, 1.807) is 7.11 Å². The van der Waals surface area contributed by atoms with Gasteiger partial charge in [-0.25, -0.2) is 0 Å². The number of aryl methyl sites for hydroxylation is 1.